The minimum atomic E-state index is -0.0991. The summed E-state index contributed by atoms with van der Waals surface area (Å²) in [6, 6.07) is 19.1. The number of benzene rings is 2. The molecule has 6 heteroatoms. The number of nitrogens with zero attached hydrogens (tertiary/aromatic N) is 2. The van der Waals surface area contributed by atoms with Crippen LogP contribution in [0.3, 0.4) is 0 Å². The fourth-order valence-corrected chi connectivity index (χ4v) is 4.18. The number of ether oxygens (including phenoxy) is 1. The van der Waals surface area contributed by atoms with E-state index in [9.17, 15) is 4.79 Å². The molecule has 2 unspecified atom stereocenters. The van der Waals surface area contributed by atoms with Crippen LogP contribution in [0.25, 0.3) is 11.3 Å². The van der Waals surface area contributed by atoms with E-state index in [0.717, 1.165) is 30.8 Å². The number of aromatic nitrogens is 2. The molecule has 2 atom stereocenters. The largest absolute Gasteiger partial charge is 0.457 e. The lowest BCUT2D eigenvalue weighted by Crippen LogP contribution is -2.41. The van der Waals surface area contributed by atoms with Crippen LogP contribution in [0.1, 0.15) is 16.9 Å². The van der Waals surface area contributed by atoms with Crippen LogP contribution in [0.15, 0.2) is 60.7 Å². The zero-order chi connectivity index (χ0) is 19.1. The highest BCUT2D eigenvalue weighted by molar-refractivity contribution is 5.94. The average Bonchev–Trinajstić information content (AvgIpc) is 3.05. The predicted octanol–water partition coefficient (Wildman–Crippen LogP) is 3.30. The molecule has 28 heavy (non-hydrogen) atoms. The third kappa shape index (κ3) is 3.05. The summed E-state index contributed by atoms with van der Waals surface area (Å²) in [6.45, 7) is 1.97. The Balaban J connectivity index is 1.36. The van der Waals surface area contributed by atoms with E-state index in [1.807, 2.05) is 54.6 Å². The van der Waals surface area contributed by atoms with Gasteiger partial charge in [-0.1, -0.05) is 30.3 Å². The fraction of sp³-hybridized carbons (Fsp3) is 0.273. The molecule has 2 aromatic carbocycles. The van der Waals surface area contributed by atoms with Crippen molar-refractivity contribution in [3.63, 3.8) is 0 Å². The average molecular weight is 374 g/mol. The monoisotopic (exact) mass is 374 g/mol. The Bertz CT molecular complexity index is 1020. The molecule has 0 bridgehead atoms. The summed E-state index contributed by atoms with van der Waals surface area (Å²) in [7, 11) is 2.10. The lowest BCUT2D eigenvalue weighted by molar-refractivity contribution is 0.0923. The number of carbonyl (C=O) groups excluding carboxylic acids is 1. The van der Waals surface area contributed by atoms with Gasteiger partial charge in [0.15, 0.2) is 0 Å². The van der Waals surface area contributed by atoms with E-state index in [4.69, 9.17) is 4.74 Å². The van der Waals surface area contributed by atoms with Crippen molar-refractivity contribution >= 4 is 5.91 Å². The van der Waals surface area contributed by atoms with Crippen LogP contribution in [-0.4, -0.2) is 46.7 Å². The number of amides is 1. The number of nitrogens with one attached hydrogen (secondary N) is 2. The Morgan fingerprint density at radius 1 is 1.21 bits per heavy atom. The predicted molar refractivity (Wildman–Crippen MR) is 106 cm³/mol. The minimum absolute atomic E-state index is 0.0502. The second-order valence-corrected chi connectivity index (χ2v) is 7.79. The van der Waals surface area contributed by atoms with Crippen molar-refractivity contribution in [2.24, 2.45) is 5.92 Å². The van der Waals surface area contributed by atoms with E-state index < -0.39 is 0 Å². The SMILES string of the molecule is CN1CC2CC2(NC(=O)c2cc(-c3ccccc3Oc3ccccc3)n[nH]2)C1. The molecule has 0 radical (unpaired) electrons. The van der Waals surface area contributed by atoms with Gasteiger partial charge in [0.2, 0.25) is 0 Å². The van der Waals surface area contributed by atoms with E-state index in [2.05, 4.69) is 27.5 Å². The Hall–Kier alpha value is -3.12. The van der Waals surface area contributed by atoms with Gasteiger partial charge >= 0.3 is 0 Å². The number of hydrogen-bond acceptors (Lipinski definition) is 4. The van der Waals surface area contributed by atoms with Crippen molar-refractivity contribution in [1.82, 2.24) is 20.4 Å². The third-order valence-electron chi connectivity index (χ3n) is 5.64. The number of likely N-dealkylation sites (N-methyl/N-ethyl adjacent to an activating group) is 1. The summed E-state index contributed by atoms with van der Waals surface area (Å²) >= 11 is 0. The summed E-state index contributed by atoms with van der Waals surface area (Å²) in [6.07, 6.45) is 1.07. The first kappa shape index (κ1) is 17.0. The number of rotatable bonds is 5. The van der Waals surface area contributed by atoms with Gasteiger partial charge < -0.3 is 15.0 Å². The molecule has 2 heterocycles. The highest BCUT2D eigenvalue weighted by atomic mass is 16.5. The lowest BCUT2D eigenvalue weighted by atomic mass is 10.1. The molecule has 142 valence electrons. The van der Waals surface area contributed by atoms with Crippen molar-refractivity contribution in [2.75, 3.05) is 20.1 Å². The van der Waals surface area contributed by atoms with E-state index in [1.165, 1.54) is 0 Å². The molecule has 1 saturated carbocycles. The molecule has 2 fully saturated rings. The van der Waals surface area contributed by atoms with Gasteiger partial charge in [0.05, 0.1) is 11.2 Å². The third-order valence-corrected chi connectivity index (χ3v) is 5.64. The Kier molecular flexibility index (Phi) is 3.94. The van der Waals surface area contributed by atoms with Crippen molar-refractivity contribution in [2.45, 2.75) is 12.0 Å². The van der Waals surface area contributed by atoms with Gasteiger partial charge in [-0.15, -0.1) is 0 Å². The van der Waals surface area contributed by atoms with Gasteiger partial charge in [-0.3, -0.25) is 9.89 Å². The highest BCUT2D eigenvalue weighted by Gasteiger charge is 2.60. The molecule has 1 saturated heterocycles. The zero-order valence-electron chi connectivity index (χ0n) is 15.7. The molecule has 1 aliphatic carbocycles. The highest BCUT2D eigenvalue weighted by Crippen LogP contribution is 2.49. The van der Waals surface area contributed by atoms with Gasteiger partial charge in [-0.25, -0.2) is 0 Å². The van der Waals surface area contributed by atoms with E-state index in [-0.39, 0.29) is 11.4 Å². The van der Waals surface area contributed by atoms with E-state index in [1.54, 1.807) is 6.07 Å². The molecular formula is C22H22N4O2. The zero-order valence-corrected chi connectivity index (χ0v) is 15.7. The van der Waals surface area contributed by atoms with Gasteiger partial charge in [0.25, 0.3) is 5.91 Å². The summed E-state index contributed by atoms with van der Waals surface area (Å²) in [5, 5.41) is 10.5. The quantitative estimate of drug-likeness (QED) is 0.719. The molecule has 5 rings (SSSR count). The first-order valence-corrected chi connectivity index (χ1v) is 9.52. The van der Waals surface area contributed by atoms with Crippen LogP contribution >= 0.6 is 0 Å². The van der Waals surface area contributed by atoms with Crippen LogP contribution in [-0.2, 0) is 0 Å². The Morgan fingerprint density at radius 3 is 2.79 bits per heavy atom. The number of likely N-dealkylation sites (tertiary alicyclic amines) is 1. The van der Waals surface area contributed by atoms with Crippen molar-refractivity contribution in [3.8, 4) is 22.8 Å². The maximum Gasteiger partial charge on any atom is 0.269 e. The van der Waals surface area contributed by atoms with Crippen molar-refractivity contribution in [1.29, 1.82) is 0 Å². The first-order valence-electron chi connectivity index (χ1n) is 9.52. The number of carbonyl (C=O) groups is 1. The fourth-order valence-electron chi connectivity index (χ4n) is 4.18. The molecule has 2 aliphatic rings. The van der Waals surface area contributed by atoms with Crippen molar-refractivity contribution in [3.05, 3.63) is 66.4 Å². The molecule has 1 aliphatic heterocycles. The number of piperidine rings is 1. The topological polar surface area (TPSA) is 70.2 Å². The van der Waals surface area contributed by atoms with E-state index >= 15 is 0 Å². The van der Waals surface area contributed by atoms with Gasteiger partial charge in [0, 0.05) is 18.7 Å². The summed E-state index contributed by atoms with van der Waals surface area (Å²) in [5.41, 5.74) is 1.94. The first-order chi connectivity index (χ1) is 13.6. The van der Waals surface area contributed by atoms with Crippen LogP contribution in [0.5, 0.6) is 11.5 Å². The molecule has 2 N–H and O–H groups in total. The van der Waals surface area contributed by atoms with Crippen LogP contribution < -0.4 is 10.1 Å². The molecule has 6 nitrogen and oxygen atoms in total. The lowest BCUT2D eigenvalue weighted by Gasteiger charge is -2.17. The van der Waals surface area contributed by atoms with Gasteiger partial charge in [-0.2, -0.15) is 5.10 Å². The molecule has 3 aromatic rings. The summed E-state index contributed by atoms with van der Waals surface area (Å²) < 4.78 is 6.02. The Labute approximate surface area is 163 Å². The van der Waals surface area contributed by atoms with Crippen molar-refractivity contribution < 1.29 is 9.53 Å². The molecule has 1 aromatic heterocycles. The van der Waals surface area contributed by atoms with Gasteiger partial charge in [-0.05, 0) is 49.7 Å². The normalized spacial score (nSPS) is 23.2. The maximum absolute atomic E-state index is 12.7. The standard InChI is InChI=1S/C22H22N4O2/c1-26-13-15-12-22(15,14-26)23-21(27)19-11-18(24-25-19)17-9-5-6-10-20(17)28-16-7-3-2-4-8-16/h2-11,15H,12-14H2,1H3,(H,23,27)(H,24,25). The number of hydrogen-bond donors (Lipinski definition) is 2. The summed E-state index contributed by atoms with van der Waals surface area (Å²) in [5.74, 6) is 1.93. The summed E-state index contributed by atoms with van der Waals surface area (Å²) in [4.78, 5) is 15.0. The number of H-pyrrole nitrogens is 1. The van der Waals surface area contributed by atoms with Gasteiger partial charge in [0.1, 0.15) is 17.2 Å². The van der Waals surface area contributed by atoms with Crippen LogP contribution in [0.2, 0.25) is 0 Å². The number of fused-ring (bicyclic) bond motifs is 1. The number of para-hydroxylation sites is 2. The smallest absolute Gasteiger partial charge is 0.269 e. The van der Waals surface area contributed by atoms with Crippen LogP contribution in [0.4, 0.5) is 0 Å². The molecular weight excluding hydrogens is 352 g/mol. The number of aromatic amines is 1. The minimum Gasteiger partial charge on any atom is -0.457 e. The molecule has 0 spiro atoms. The second-order valence-electron chi connectivity index (χ2n) is 7.79. The second kappa shape index (κ2) is 6.49. The maximum atomic E-state index is 12.7. The van der Waals surface area contributed by atoms with E-state index in [0.29, 0.717) is 23.1 Å². The molecule has 1 amide bonds. The Morgan fingerprint density at radius 2 is 2.00 bits per heavy atom. The van der Waals surface area contributed by atoms with Crippen LogP contribution in [0, 0.1) is 5.92 Å².